The Bertz CT molecular complexity index is 525. The third-order valence-electron chi connectivity index (χ3n) is 3.26. The smallest absolute Gasteiger partial charge is 0.419 e. The molecule has 1 heterocycles. The van der Waals surface area contributed by atoms with Crippen LogP contribution < -0.4 is 4.74 Å². The van der Waals surface area contributed by atoms with E-state index in [1.165, 1.54) is 4.90 Å². The molecular formula is C13H13F4NO3. The molecule has 0 bridgehead atoms. The summed E-state index contributed by atoms with van der Waals surface area (Å²) in [5, 5.41) is 8.79. The largest absolute Gasteiger partial charge is 0.490 e. The van der Waals surface area contributed by atoms with E-state index in [4.69, 9.17) is 9.84 Å². The highest BCUT2D eigenvalue weighted by atomic mass is 19.4. The van der Waals surface area contributed by atoms with Crippen molar-refractivity contribution in [2.24, 2.45) is 0 Å². The summed E-state index contributed by atoms with van der Waals surface area (Å²) in [4.78, 5) is 12.0. The lowest BCUT2D eigenvalue weighted by Crippen LogP contribution is -2.41. The van der Waals surface area contributed by atoms with E-state index in [0.717, 1.165) is 6.07 Å². The van der Waals surface area contributed by atoms with Crippen molar-refractivity contribution in [1.82, 2.24) is 4.90 Å². The minimum Gasteiger partial charge on any atom is -0.490 e. The highest BCUT2D eigenvalue weighted by molar-refractivity contribution is 5.65. The number of likely N-dealkylation sites (tertiary alicyclic amines) is 1. The van der Waals surface area contributed by atoms with Gasteiger partial charge in [0.05, 0.1) is 5.56 Å². The van der Waals surface area contributed by atoms with Gasteiger partial charge >= 0.3 is 12.3 Å². The standard InChI is InChI=1S/C13H13F4NO3/c14-11-7-9(1-2-10(11)13(15,16)17)21-8-3-5-18(6-4-8)12(19)20/h1-2,7-8H,3-6H2,(H,19,20). The third-order valence-corrected chi connectivity index (χ3v) is 3.26. The molecule has 0 spiro atoms. The molecule has 0 aliphatic carbocycles. The molecule has 116 valence electrons. The number of hydrogen-bond acceptors (Lipinski definition) is 2. The first-order valence-corrected chi connectivity index (χ1v) is 6.28. The van der Waals surface area contributed by atoms with Gasteiger partial charge in [0.15, 0.2) is 0 Å². The molecule has 0 unspecified atom stereocenters. The number of benzene rings is 1. The average Bonchev–Trinajstić information content (AvgIpc) is 2.37. The van der Waals surface area contributed by atoms with Crippen molar-refractivity contribution >= 4 is 6.09 Å². The molecule has 0 atom stereocenters. The molecule has 2 rings (SSSR count). The summed E-state index contributed by atoms with van der Waals surface area (Å²) in [5.74, 6) is -1.38. The van der Waals surface area contributed by atoms with E-state index in [9.17, 15) is 22.4 Å². The van der Waals surface area contributed by atoms with Crippen LogP contribution in [0.15, 0.2) is 18.2 Å². The van der Waals surface area contributed by atoms with E-state index < -0.39 is 23.7 Å². The summed E-state index contributed by atoms with van der Waals surface area (Å²) >= 11 is 0. The zero-order valence-corrected chi connectivity index (χ0v) is 10.9. The SMILES string of the molecule is O=C(O)N1CCC(Oc2ccc(C(F)(F)F)c(F)c2)CC1. The van der Waals surface area contributed by atoms with Crippen molar-refractivity contribution in [3.63, 3.8) is 0 Å². The van der Waals surface area contributed by atoms with Crippen LogP contribution in [0.25, 0.3) is 0 Å². The Morgan fingerprint density at radius 2 is 1.90 bits per heavy atom. The Kier molecular flexibility index (Phi) is 4.24. The molecule has 1 aromatic carbocycles. The summed E-state index contributed by atoms with van der Waals surface area (Å²) in [6.07, 6.45) is -5.27. The topological polar surface area (TPSA) is 49.8 Å². The van der Waals surface area contributed by atoms with E-state index in [2.05, 4.69) is 0 Å². The van der Waals surface area contributed by atoms with Gasteiger partial charge in [-0.25, -0.2) is 9.18 Å². The van der Waals surface area contributed by atoms with Gasteiger partial charge in [-0.2, -0.15) is 13.2 Å². The van der Waals surface area contributed by atoms with Crippen LogP contribution in [0, 0.1) is 5.82 Å². The second-order valence-electron chi connectivity index (χ2n) is 4.73. The monoisotopic (exact) mass is 307 g/mol. The fourth-order valence-corrected chi connectivity index (χ4v) is 2.16. The fraction of sp³-hybridized carbons (Fsp3) is 0.462. The summed E-state index contributed by atoms with van der Waals surface area (Å²) in [7, 11) is 0. The second kappa shape index (κ2) is 5.79. The molecule has 21 heavy (non-hydrogen) atoms. The maximum absolute atomic E-state index is 13.4. The van der Waals surface area contributed by atoms with Gasteiger partial charge in [0.1, 0.15) is 17.7 Å². The van der Waals surface area contributed by atoms with Gasteiger partial charge in [-0.05, 0) is 12.1 Å². The maximum Gasteiger partial charge on any atom is 0.419 e. The van der Waals surface area contributed by atoms with Crippen molar-refractivity contribution in [3.05, 3.63) is 29.6 Å². The van der Waals surface area contributed by atoms with Crippen LogP contribution in [0.2, 0.25) is 0 Å². The number of alkyl halides is 3. The highest BCUT2D eigenvalue weighted by Crippen LogP contribution is 2.33. The van der Waals surface area contributed by atoms with E-state index in [1.54, 1.807) is 0 Å². The average molecular weight is 307 g/mol. The lowest BCUT2D eigenvalue weighted by atomic mass is 10.1. The zero-order valence-electron chi connectivity index (χ0n) is 10.9. The zero-order chi connectivity index (χ0) is 15.6. The van der Waals surface area contributed by atoms with Gasteiger partial charge in [0, 0.05) is 32.0 Å². The minimum absolute atomic E-state index is 0.00859. The Balaban J connectivity index is 1.99. The lowest BCUT2D eigenvalue weighted by Gasteiger charge is -2.30. The minimum atomic E-state index is -4.74. The van der Waals surface area contributed by atoms with Crippen molar-refractivity contribution in [3.8, 4) is 5.75 Å². The predicted octanol–water partition coefficient (Wildman–Crippen LogP) is 3.37. The number of hydrogen-bond donors (Lipinski definition) is 1. The second-order valence-corrected chi connectivity index (χ2v) is 4.73. The molecule has 0 saturated carbocycles. The predicted molar refractivity (Wildman–Crippen MR) is 64.6 cm³/mol. The number of carboxylic acid groups (broad SMARTS) is 1. The van der Waals surface area contributed by atoms with Crippen LogP contribution in [0.4, 0.5) is 22.4 Å². The van der Waals surface area contributed by atoms with Gasteiger partial charge in [-0.1, -0.05) is 0 Å². The summed E-state index contributed by atoms with van der Waals surface area (Å²) in [5.41, 5.74) is -1.34. The maximum atomic E-state index is 13.4. The number of nitrogens with zero attached hydrogens (tertiary/aromatic N) is 1. The summed E-state index contributed by atoms with van der Waals surface area (Å²) in [6.45, 7) is 0.562. The first-order chi connectivity index (χ1) is 9.77. The number of piperidine rings is 1. The van der Waals surface area contributed by atoms with Crippen molar-refractivity contribution in [2.75, 3.05) is 13.1 Å². The molecule has 1 aliphatic heterocycles. The van der Waals surface area contributed by atoms with Crippen LogP contribution in [0.1, 0.15) is 18.4 Å². The fourth-order valence-electron chi connectivity index (χ4n) is 2.16. The lowest BCUT2D eigenvalue weighted by molar-refractivity contribution is -0.140. The van der Waals surface area contributed by atoms with Gasteiger partial charge in [-0.15, -0.1) is 0 Å². The van der Waals surface area contributed by atoms with E-state index >= 15 is 0 Å². The number of rotatable bonds is 2. The number of carbonyl (C=O) groups is 1. The number of ether oxygens (including phenoxy) is 1. The molecule has 1 amide bonds. The molecule has 1 aliphatic rings. The van der Waals surface area contributed by atoms with Crippen LogP contribution in [0.3, 0.4) is 0 Å². The molecule has 8 heteroatoms. The van der Waals surface area contributed by atoms with Crippen LogP contribution in [0.5, 0.6) is 5.75 Å². The van der Waals surface area contributed by atoms with Crippen molar-refractivity contribution in [2.45, 2.75) is 25.1 Å². The van der Waals surface area contributed by atoms with Crippen molar-refractivity contribution in [1.29, 1.82) is 0 Å². The van der Waals surface area contributed by atoms with Crippen LogP contribution in [-0.2, 0) is 6.18 Å². The van der Waals surface area contributed by atoms with E-state index in [-0.39, 0.29) is 24.9 Å². The first-order valence-electron chi connectivity index (χ1n) is 6.28. The third kappa shape index (κ3) is 3.77. The Labute approximate surface area is 117 Å². The number of amides is 1. The number of halogens is 4. The molecular weight excluding hydrogens is 294 g/mol. The molecule has 0 radical (unpaired) electrons. The Hall–Kier alpha value is -1.99. The van der Waals surface area contributed by atoms with Gasteiger partial charge in [0.2, 0.25) is 0 Å². The summed E-state index contributed by atoms with van der Waals surface area (Å²) < 4.78 is 56.0. The molecule has 1 saturated heterocycles. The van der Waals surface area contributed by atoms with E-state index in [0.29, 0.717) is 25.0 Å². The van der Waals surface area contributed by atoms with Gasteiger partial charge < -0.3 is 14.7 Å². The Morgan fingerprint density at radius 3 is 2.38 bits per heavy atom. The highest BCUT2D eigenvalue weighted by Gasteiger charge is 2.34. The van der Waals surface area contributed by atoms with Crippen LogP contribution in [-0.4, -0.2) is 35.3 Å². The van der Waals surface area contributed by atoms with E-state index in [1.807, 2.05) is 0 Å². The van der Waals surface area contributed by atoms with Gasteiger partial charge in [0.25, 0.3) is 0 Å². The molecule has 1 fully saturated rings. The van der Waals surface area contributed by atoms with Crippen LogP contribution >= 0.6 is 0 Å². The molecule has 1 aromatic rings. The molecule has 0 aromatic heterocycles. The summed E-state index contributed by atoms with van der Waals surface area (Å²) in [6, 6.07) is 2.40. The quantitative estimate of drug-likeness (QED) is 0.852. The normalized spacial score (nSPS) is 16.9. The first kappa shape index (κ1) is 15.4. The molecule has 1 N–H and O–H groups in total. The van der Waals surface area contributed by atoms with Gasteiger partial charge in [-0.3, -0.25) is 0 Å². The Morgan fingerprint density at radius 1 is 1.29 bits per heavy atom. The van der Waals surface area contributed by atoms with Crippen molar-refractivity contribution < 1.29 is 32.2 Å². The molecule has 4 nitrogen and oxygen atoms in total.